The topological polar surface area (TPSA) is 47.9 Å². The van der Waals surface area contributed by atoms with Crippen molar-refractivity contribution in [2.24, 2.45) is 0 Å². The smallest absolute Gasteiger partial charge is 0.140 e. The average molecular weight is 441 g/mol. The van der Waals surface area contributed by atoms with E-state index in [0.717, 1.165) is 45.1 Å². The largest absolute Gasteiger partial charge is 0.497 e. The minimum absolute atomic E-state index is 0.620. The highest BCUT2D eigenvalue weighted by molar-refractivity contribution is 5.53. The first-order valence-corrected chi connectivity index (χ1v) is 10.8. The summed E-state index contributed by atoms with van der Waals surface area (Å²) in [7, 11) is 4.94. The molecule has 0 saturated heterocycles. The molecule has 0 heterocycles. The van der Waals surface area contributed by atoms with Gasteiger partial charge in [-0.3, -0.25) is 0 Å². The van der Waals surface area contributed by atoms with Crippen LogP contribution in [0.2, 0.25) is 0 Å². The molecule has 0 bridgehead atoms. The highest BCUT2D eigenvalue weighted by atomic mass is 16.5. The number of methoxy groups -OCH3 is 3. The molecule has 0 aliphatic rings. The number of benzene rings is 4. The molecule has 0 aromatic heterocycles. The van der Waals surface area contributed by atoms with Crippen LogP contribution in [0, 0.1) is 0 Å². The Morgan fingerprint density at radius 3 is 1.58 bits per heavy atom. The lowest BCUT2D eigenvalue weighted by molar-refractivity contribution is 0.124. The number of aliphatic hydroxyl groups is 1. The standard InChI is InChI=1S/C29H28O4/c1-31-25-16-12-23(13-17-25)29(30,24-14-18-26(32-2)19-15-24)27-10-6-4-8-21(27)20-22-9-5-7-11-28(22)33-3/h4-19,30H,20H2,1-3H3. The summed E-state index contributed by atoms with van der Waals surface area (Å²) in [5, 5.41) is 12.4. The van der Waals surface area contributed by atoms with Gasteiger partial charge in [0.05, 0.1) is 21.3 Å². The highest BCUT2D eigenvalue weighted by Crippen LogP contribution is 2.40. The van der Waals surface area contributed by atoms with Crippen LogP contribution in [0.25, 0.3) is 0 Å². The van der Waals surface area contributed by atoms with Crippen LogP contribution in [0.4, 0.5) is 0 Å². The third-order valence-corrected chi connectivity index (χ3v) is 6.00. The van der Waals surface area contributed by atoms with E-state index in [1.807, 2.05) is 84.9 Å². The number of para-hydroxylation sites is 1. The summed E-state index contributed by atoms with van der Waals surface area (Å²) in [5.74, 6) is 2.29. The number of rotatable bonds is 8. The van der Waals surface area contributed by atoms with Crippen LogP contribution < -0.4 is 14.2 Å². The van der Waals surface area contributed by atoms with Crippen LogP contribution in [-0.2, 0) is 12.0 Å². The fraction of sp³-hybridized carbons (Fsp3) is 0.172. The van der Waals surface area contributed by atoms with E-state index < -0.39 is 5.60 Å². The lowest BCUT2D eigenvalue weighted by atomic mass is 9.77. The second-order valence-electron chi connectivity index (χ2n) is 7.81. The van der Waals surface area contributed by atoms with Gasteiger partial charge in [0.1, 0.15) is 22.8 Å². The van der Waals surface area contributed by atoms with Crippen molar-refractivity contribution in [3.8, 4) is 17.2 Å². The Kier molecular flexibility index (Phi) is 6.66. The number of hydrogen-bond donors (Lipinski definition) is 1. The van der Waals surface area contributed by atoms with Crippen molar-refractivity contribution < 1.29 is 19.3 Å². The third kappa shape index (κ3) is 4.43. The maximum absolute atomic E-state index is 12.4. The van der Waals surface area contributed by atoms with Crippen LogP contribution in [0.5, 0.6) is 17.2 Å². The van der Waals surface area contributed by atoms with E-state index in [-0.39, 0.29) is 0 Å². The third-order valence-electron chi connectivity index (χ3n) is 6.00. The molecule has 4 aromatic rings. The summed E-state index contributed by atoms with van der Waals surface area (Å²) in [4.78, 5) is 0. The zero-order chi connectivity index (χ0) is 23.3. The van der Waals surface area contributed by atoms with Gasteiger partial charge < -0.3 is 19.3 Å². The van der Waals surface area contributed by atoms with Crippen molar-refractivity contribution in [2.75, 3.05) is 21.3 Å². The van der Waals surface area contributed by atoms with E-state index in [0.29, 0.717) is 6.42 Å². The molecule has 0 aliphatic carbocycles. The molecule has 4 heteroatoms. The lowest BCUT2D eigenvalue weighted by Crippen LogP contribution is -2.30. The van der Waals surface area contributed by atoms with Crippen LogP contribution in [0.3, 0.4) is 0 Å². The molecule has 168 valence electrons. The maximum atomic E-state index is 12.4. The Bertz CT molecular complexity index is 1150. The summed E-state index contributed by atoms with van der Waals surface area (Å²) < 4.78 is 16.3. The normalized spacial score (nSPS) is 11.2. The Morgan fingerprint density at radius 2 is 1.06 bits per heavy atom. The fourth-order valence-electron chi connectivity index (χ4n) is 4.22. The van der Waals surface area contributed by atoms with Gasteiger partial charge in [-0.05, 0) is 58.1 Å². The molecule has 0 saturated carbocycles. The summed E-state index contributed by atoms with van der Waals surface area (Å²) in [6, 6.07) is 31.1. The molecule has 0 atom stereocenters. The van der Waals surface area contributed by atoms with Gasteiger partial charge in [-0.2, -0.15) is 0 Å². The number of ether oxygens (including phenoxy) is 3. The molecule has 0 fully saturated rings. The van der Waals surface area contributed by atoms with E-state index >= 15 is 0 Å². The summed E-state index contributed by atoms with van der Waals surface area (Å²) in [6.07, 6.45) is 0.620. The monoisotopic (exact) mass is 440 g/mol. The van der Waals surface area contributed by atoms with Crippen LogP contribution in [0.15, 0.2) is 97.1 Å². The Labute approximate surface area is 195 Å². The first-order chi connectivity index (χ1) is 16.1. The lowest BCUT2D eigenvalue weighted by Gasteiger charge is -2.32. The quantitative estimate of drug-likeness (QED) is 0.363. The van der Waals surface area contributed by atoms with Crippen molar-refractivity contribution in [1.82, 2.24) is 0 Å². The number of hydrogen-bond acceptors (Lipinski definition) is 4. The van der Waals surface area contributed by atoms with E-state index in [1.165, 1.54) is 0 Å². The molecule has 4 nitrogen and oxygen atoms in total. The molecule has 4 rings (SSSR count). The summed E-state index contributed by atoms with van der Waals surface area (Å²) in [6.45, 7) is 0. The summed E-state index contributed by atoms with van der Waals surface area (Å²) >= 11 is 0. The molecule has 0 unspecified atom stereocenters. The Morgan fingerprint density at radius 1 is 0.576 bits per heavy atom. The zero-order valence-corrected chi connectivity index (χ0v) is 19.1. The maximum Gasteiger partial charge on any atom is 0.140 e. The molecule has 0 radical (unpaired) electrons. The Balaban J connectivity index is 1.89. The fourth-order valence-corrected chi connectivity index (χ4v) is 4.22. The predicted octanol–water partition coefficient (Wildman–Crippen LogP) is 5.59. The van der Waals surface area contributed by atoms with Gasteiger partial charge in [-0.1, -0.05) is 66.7 Å². The van der Waals surface area contributed by atoms with Gasteiger partial charge in [0.2, 0.25) is 0 Å². The molecule has 0 aliphatic heterocycles. The first-order valence-electron chi connectivity index (χ1n) is 10.8. The minimum Gasteiger partial charge on any atom is -0.497 e. The van der Waals surface area contributed by atoms with Crippen molar-refractivity contribution in [2.45, 2.75) is 12.0 Å². The predicted molar refractivity (Wildman–Crippen MR) is 130 cm³/mol. The van der Waals surface area contributed by atoms with Crippen molar-refractivity contribution >= 4 is 0 Å². The van der Waals surface area contributed by atoms with Gasteiger partial charge in [0.25, 0.3) is 0 Å². The minimum atomic E-state index is -1.38. The molecular formula is C29H28O4. The van der Waals surface area contributed by atoms with E-state index in [1.54, 1.807) is 21.3 Å². The molecule has 4 aromatic carbocycles. The van der Waals surface area contributed by atoms with E-state index in [9.17, 15) is 5.11 Å². The van der Waals surface area contributed by atoms with Gasteiger partial charge in [-0.15, -0.1) is 0 Å². The molecule has 0 spiro atoms. The average Bonchev–Trinajstić information content (AvgIpc) is 2.89. The summed E-state index contributed by atoms with van der Waals surface area (Å²) in [5.41, 5.74) is 3.00. The molecule has 1 N–H and O–H groups in total. The first kappa shape index (κ1) is 22.4. The van der Waals surface area contributed by atoms with Gasteiger partial charge in [0.15, 0.2) is 0 Å². The molecule has 0 amide bonds. The second-order valence-corrected chi connectivity index (χ2v) is 7.81. The van der Waals surface area contributed by atoms with Crippen LogP contribution >= 0.6 is 0 Å². The second kappa shape index (κ2) is 9.80. The zero-order valence-electron chi connectivity index (χ0n) is 19.1. The Hall–Kier alpha value is -3.76. The van der Waals surface area contributed by atoms with Gasteiger partial charge in [-0.25, -0.2) is 0 Å². The van der Waals surface area contributed by atoms with Crippen molar-refractivity contribution in [3.63, 3.8) is 0 Å². The van der Waals surface area contributed by atoms with E-state index in [2.05, 4.69) is 12.1 Å². The van der Waals surface area contributed by atoms with Crippen LogP contribution in [0.1, 0.15) is 27.8 Å². The van der Waals surface area contributed by atoms with Crippen molar-refractivity contribution in [3.05, 3.63) is 125 Å². The highest BCUT2D eigenvalue weighted by Gasteiger charge is 2.36. The van der Waals surface area contributed by atoms with Gasteiger partial charge in [0, 0.05) is 6.42 Å². The van der Waals surface area contributed by atoms with Gasteiger partial charge >= 0.3 is 0 Å². The van der Waals surface area contributed by atoms with Crippen molar-refractivity contribution in [1.29, 1.82) is 0 Å². The van der Waals surface area contributed by atoms with Crippen LogP contribution in [-0.4, -0.2) is 26.4 Å². The SMILES string of the molecule is COc1ccc(C(O)(c2ccc(OC)cc2)c2ccccc2Cc2ccccc2OC)cc1. The van der Waals surface area contributed by atoms with E-state index in [4.69, 9.17) is 14.2 Å². The molecule has 33 heavy (non-hydrogen) atoms. The molecular weight excluding hydrogens is 412 g/mol.